The zero-order chi connectivity index (χ0) is 10.7. The quantitative estimate of drug-likeness (QED) is 0.763. The zero-order valence-electron chi connectivity index (χ0n) is 7.56. The van der Waals surface area contributed by atoms with Gasteiger partial charge >= 0.3 is 0 Å². The molecular formula is C9H10F3NO. The Bertz CT molecular complexity index is 330. The maximum Gasteiger partial charge on any atom is 0.166 e. The fourth-order valence-electron chi connectivity index (χ4n) is 1.15. The summed E-state index contributed by atoms with van der Waals surface area (Å²) in [6.07, 6.45) is 0. The van der Waals surface area contributed by atoms with Crippen molar-refractivity contribution in [2.45, 2.75) is 6.04 Å². The lowest BCUT2D eigenvalue weighted by Crippen LogP contribution is -2.19. The second-order valence-corrected chi connectivity index (χ2v) is 2.82. The van der Waals surface area contributed by atoms with Crippen LogP contribution in [-0.2, 0) is 4.74 Å². The molecule has 78 valence electrons. The molecule has 5 heteroatoms. The number of ether oxygens (including phenoxy) is 1. The number of nitrogens with two attached hydrogens (primary N) is 1. The lowest BCUT2D eigenvalue weighted by molar-refractivity contribution is 0.177. The van der Waals surface area contributed by atoms with Crippen LogP contribution in [-0.4, -0.2) is 13.7 Å². The number of benzene rings is 1. The maximum absolute atomic E-state index is 13.1. The summed E-state index contributed by atoms with van der Waals surface area (Å²) >= 11 is 0. The third-order valence-corrected chi connectivity index (χ3v) is 1.80. The Hall–Kier alpha value is -1.07. The van der Waals surface area contributed by atoms with E-state index in [0.717, 1.165) is 6.07 Å². The second-order valence-electron chi connectivity index (χ2n) is 2.82. The minimum absolute atomic E-state index is 0.0721. The van der Waals surface area contributed by atoms with Crippen molar-refractivity contribution in [3.05, 3.63) is 35.1 Å². The van der Waals surface area contributed by atoms with Crippen molar-refractivity contribution in [3.8, 4) is 0 Å². The van der Waals surface area contributed by atoms with Gasteiger partial charge in [-0.3, -0.25) is 0 Å². The van der Waals surface area contributed by atoms with Crippen molar-refractivity contribution in [2.75, 3.05) is 13.7 Å². The molecule has 0 aromatic heterocycles. The molecule has 14 heavy (non-hydrogen) atoms. The summed E-state index contributed by atoms with van der Waals surface area (Å²) in [6, 6.07) is 0.549. The Kier molecular flexibility index (Phi) is 3.49. The van der Waals surface area contributed by atoms with Gasteiger partial charge in [0.05, 0.1) is 12.6 Å². The van der Waals surface area contributed by atoms with Gasteiger partial charge in [0, 0.05) is 12.7 Å². The molecule has 1 aromatic rings. The van der Waals surface area contributed by atoms with E-state index in [0.29, 0.717) is 6.07 Å². The molecule has 0 aliphatic carbocycles. The first-order valence-corrected chi connectivity index (χ1v) is 3.95. The molecule has 1 rings (SSSR count). The minimum Gasteiger partial charge on any atom is -0.383 e. The molecule has 2 nitrogen and oxygen atoms in total. The zero-order valence-corrected chi connectivity index (χ0v) is 7.56. The number of methoxy groups -OCH3 is 1. The molecule has 1 atom stereocenters. The molecule has 0 bridgehead atoms. The van der Waals surface area contributed by atoms with Crippen molar-refractivity contribution in [3.63, 3.8) is 0 Å². The highest BCUT2D eigenvalue weighted by Gasteiger charge is 2.19. The molecular weight excluding hydrogens is 195 g/mol. The van der Waals surface area contributed by atoms with E-state index in [1.807, 2.05) is 0 Å². The smallest absolute Gasteiger partial charge is 0.166 e. The van der Waals surface area contributed by atoms with E-state index in [1.165, 1.54) is 7.11 Å². The van der Waals surface area contributed by atoms with Gasteiger partial charge in [-0.15, -0.1) is 0 Å². The fraction of sp³-hybridized carbons (Fsp3) is 0.333. The lowest BCUT2D eigenvalue weighted by Gasteiger charge is -2.12. The van der Waals surface area contributed by atoms with Crippen LogP contribution in [0.5, 0.6) is 0 Å². The van der Waals surface area contributed by atoms with E-state index in [2.05, 4.69) is 4.74 Å². The highest BCUT2D eigenvalue weighted by molar-refractivity contribution is 5.24. The van der Waals surface area contributed by atoms with Crippen LogP contribution in [0.1, 0.15) is 11.6 Å². The largest absolute Gasteiger partial charge is 0.383 e. The number of hydrogen-bond donors (Lipinski definition) is 1. The Morgan fingerprint density at radius 2 is 1.86 bits per heavy atom. The molecule has 0 spiro atoms. The third kappa shape index (κ3) is 2.05. The van der Waals surface area contributed by atoms with E-state index in [9.17, 15) is 13.2 Å². The summed E-state index contributed by atoms with van der Waals surface area (Å²) < 4.78 is 43.5. The number of rotatable bonds is 3. The second kappa shape index (κ2) is 4.43. The number of halogens is 3. The summed E-state index contributed by atoms with van der Waals surface area (Å²) in [5.74, 6) is -3.24. The van der Waals surface area contributed by atoms with E-state index in [1.54, 1.807) is 0 Å². The molecule has 0 saturated carbocycles. The normalized spacial score (nSPS) is 12.9. The van der Waals surface area contributed by atoms with Crippen LogP contribution in [0, 0.1) is 17.5 Å². The first kappa shape index (κ1) is 11.0. The third-order valence-electron chi connectivity index (χ3n) is 1.80. The van der Waals surface area contributed by atoms with Crippen LogP contribution in [0.3, 0.4) is 0 Å². The van der Waals surface area contributed by atoms with Gasteiger partial charge in [-0.05, 0) is 12.1 Å². The van der Waals surface area contributed by atoms with Crippen molar-refractivity contribution in [1.29, 1.82) is 0 Å². The average Bonchev–Trinajstić information content (AvgIpc) is 2.13. The Morgan fingerprint density at radius 3 is 2.43 bits per heavy atom. The van der Waals surface area contributed by atoms with E-state index >= 15 is 0 Å². The fourth-order valence-corrected chi connectivity index (χ4v) is 1.15. The average molecular weight is 205 g/mol. The van der Waals surface area contributed by atoms with Gasteiger partial charge in [0.25, 0.3) is 0 Å². The molecule has 0 saturated heterocycles. The standard InChI is InChI=1S/C9H10F3NO/c1-14-4-7(13)8-5(10)2-3-6(11)9(8)12/h2-3,7H,4,13H2,1H3/t7-/m1/s1. The molecule has 0 aliphatic heterocycles. The SMILES string of the molecule is COC[C@@H](N)c1c(F)ccc(F)c1F. The van der Waals surface area contributed by atoms with Gasteiger partial charge in [-0.1, -0.05) is 0 Å². The van der Waals surface area contributed by atoms with E-state index in [4.69, 9.17) is 5.73 Å². The van der Waals surface area contributed by atoms with Gasteiger partial charge < -0.3 is 10.5 Å². The summed E-state index contributed by atoms with van der Waals surface area (Å²) in [5, 5.41) is 0. The van der Waals surface area contributed by atoms with Crippen LogP contribution in [0.4, 0.5) is 13.2 Å². The van der Waals surface area contributed by atoms with E-state index in [-0.39, 0.29) is 6.61 Å². The maximum atomic E-state index is 13.1. The molecule has 1 aromatic carbocycles. The molecule has 0 heterocycles. The molecule has 0 unspecified atom stereocenters. The van der Waals surface area contributed by atoms with Crippen LogP contribution in [0.25, 0.3) is 0 Å². The van der Waals surface area contributed by atoms with Gasteiger partial charge in [-0.2, -0.15) is 0 Å². The minimum atomic E-state index is -1.26. The monoisotopic (exact) mass is 205 g/mol. The Morgan fingerprint density at radius 1 is 1.29 bits per heavy atom. The predicted octanol–water partition coefficient (Wildman–Crippen LogP) is 1.75. The van der Waals surface area contributed by atoms with Crippen LogP contribution < -0.4 is 5.73 Å². The summed E-state index contributed by atoms with van der Waals surface area (Å²) in [7, 11) is 1.34. The Labute approximate surface area is 79.5 Å². The van der Waals surface area contributed by atoms with Crippen molar-refractivity contribution in [2.24, 2.45) is 5.73 Å². The van der Waals surface area contributed by atoms with Gasteiger partial charge in [0.15, 0.2) is 11.6 Å². The van der Waals surface area contributed by atoms with Crippen molar-refractivity contribution in [1.82, 2.24) is 0 Å². The lowest BCUT2D eigenvalue weighted by atomic mass is 10.1. The van der Waals surface area contributed by atoms with Crippen LogP contribution in [0.15, 0.2) is 12.1 Å². The van der Waals surface area contributed by atoms with Gasteiger partial charge in [0.2, 0.25) is 0 Å². The van der Waals surface area contributed by atoms with Crippen LogP contribution >= 0.6 is 0 Å². The van der Waals surface area contributed by atoms with Crippen molar-refractivity contribution >= 4 is 0 Å². The topological polar surface area (TPSA) is 35.2 Å². The Balaban J connectivity index is 3.11. The first-order valence-electron chi connectivity index (χ1n) is 3.95. The predicted molar refractivity (Wildman–Crippen MR) is 45.1 cm³/mol. The molecule has 0 aliphatic rings. The number of hydrogen-bond acceptors (Lipinski definition) is 2. The van der Waals surface area contributed by atoms with Gasteiger partial charge in [-0.25, -0.2) is 13.2 Å². The van der Waals surface area contributed by atoms with E-state index < -0.39 is 29.1 Å². The molecule has 0 radical (unpaired) electrons. The highest BCUT2D eigenvalue weighted by Crippen LogP contribution is 2.21. The highest BCUT2D eigenvalue weighted by atomic mass is 19.2. The summed E-state index contributed by atoms with van der Waals surface area (Å²) in [6.45, 7) is -0.0721. The molecule has 0 fully saturated rings. The van der Waals surface area contributed by atoms with Crippen molar-refractivity contribution < 1.29 is 17.9 Å². The molecule has 2 N–H and O–H groups in total. The summed E-state index contributed by atoms with van der Waals surface area (Å²) in [4.78, 5) is 0. The summed E-state index contributed by atoms with van der Waals surface area (Å²) in [5.41, 5.74) is 4.92. The van der Waals surface area contributed by atoms with Gasteiger partial charge in [0.1, 0.15) is 5.82 Å². The first-order chi connectivity index (χ1) is 6.57. The molecule has 0 amide bonds. The van der Waals surface area contributed by atoms with Crippen LogP contribution in [0.2, 0.25) is 0 Å².